The molecule has 0 bridgehead atoms. The summed E-state index contributed by atoms with van der Waals surface area (Å²) < 4.78 is 54.5. The van der Waals surface area contributed by atoms with Crippen molar-refractivity contribution in [2.75, 3.05) is 6.54 Å². The third kappa shape index (κ3) is 7.32. The molecule has 0 unspecified atom stereocenters. The number of nitriles is 1. The molecule has 1 aliphatic heterocycles. The molecule has 39 heavy (non-hydrogen) atoms. The molecule has 0 spiro atoms. The molecule has 11 heteroatoms. The molecule has 0 saturated carbocycles. The molecule has 7 nitrogen and oxygen atoms in total. The minimum absolute atomic E-state index is 0.0950. The first-order valence-corrected chi connectivity index (χ1v) is 12.8. The maximum Gasteiger partial charge on any atom is 0.573 e. The lowest BCUT2D eigenvalue weighted by molar-refractivity contribution is -0.274. The van der Waals surface area contributed by atoms with Crippen LogP contribution in [0.15, 0.2) is 48.5 Å². The van der Waals surface area contributed by atoms with Crippen molar-refractivity contribution in [3.63, 3.8) is 0 Å². The zero-order valence-electron chi connectivity index (χ0n) is 23.1. The van der Waals surface area contributed by atoms with Crippen molar-refractivity contribution in [3.8, 4) is 11.8 Å². The first-order chi connectivity index (χ1) is 18.0. The predicted octanol–water partition coefficient (Wildman–Crippen LogP) is 4.70. The van der Waals surface area contributed by atoms with Gasteiger partial charge in [0.25, 0.3) is 0 Å². The SMILES string of the molecule is CC(C)C[C@@H](C(N)=O)N(CC#N)[C@H](c1ccc(OC(F)(F)F)cc1)c1ccc(B2OC(C)(C)C(C)(C)O2)cc1. The molecule has 2 N–H and O–H groups in total. The predicted molar refractivity (Wildman–Crippen MR) is 142 cm³/mol. The minimum Gasteiger partial charge on any atom is -0.406 e. The summed E-state index contributed by atoms with van der Waals surface area (Å²) in [4.78, 5) is 14.3. The Balaban J connectivity index is 2.05. The van der Waals surface area contributed by atoms with Gasteiger partial charge in [0.2, 0.25) is 5.91 Å². The Morgan fingerprint density at radius 3 is 1.92 bits per heavy atom. The fourth-order valence-corrected chi connectivity index (χ4v) is 4.57. The Kier molecular flexibility index (Phi) is 9.05. The average Bonchev–Trinajstić information content (AvgIpc) is 3.04. The number of rotatable bonds is 10. The molecule has 0 aromatic heterocycles. The van der Waals surface area contributed by atoms with Crippen LogP contribution in [-0.2, 0) is 14.1 Å². The van der Waals surface area contributed by atoms with Crippen LogP contribution in [0.4, 0.5) is 13.2 Å². The van der Waals surface area contributed by atoms with Crippen molar-refractivity contribution in [1.29, 1.82) is 5.26 Å². The van der Waals surface area contributed by atoms with Crippen LogP contribution in [0.25, 0.3) is 0 Å². The van der Waals surface area contributed by atoms with E-state index in [-0.39, 0.29) is 18.2 Å². The molecule has 2 aromatic carbocycles. The Morgan fingerprint density at radius 2 is 1.51 bits per heavy atom. The first kappa shape index (κ1) is 30.5. The number of primary amides is 1. The second-order valence-corrected chi connectivity index (χ2v) is 11.2. The highest BCUT2D eigenvalue weighted by Gasteiger charge is 2.51. The summed E-state index contributed by atoms with van der Waals surface area (Å²) in [5, 5.41) is 9.68. The van der Waals surface area contributed by atoms with Gasteiger partial charge in [-0.15, -0.1) is 13.2 Å². The zero-order valence-corrected chi connectivity index (χ0v) is 23.1. The Bertz CT molecular complexity index is 1160. The van der Waals surface area contributed by atoms with E-state index in [4.69, 9.17) is 15.0 Å². The summed E-state index contributed by atoms with van der Waals surface area (Å²) in [7, 11) is -0.587. The third-order valence-electron chi connectivity index (χ3n) is 7.22. The summed E-state index contributed by atoms with van der Waals surface area (Å²) in [6, 6.07) is 13.4. The number of amides is 1. The van der Waals surface area contributed by atoms with E-state index in [0.29, 0.717) is 17.5 Å². The van der Waals surface area contributed by atoms with Crippen molar-refractivity contribution in [3.05, 3.63) is 59.7 Å². The number of halogens is 3. The number of carbonyl (C=O) groups excluding carboxylic acids is 1. The van der Waals surface area contributed by atoms with E-state index >= 15 is 0 Å². The van der Waals surface area contributed by atoms with E-state index < -0.39 is 42.7 Å². The van der Waals surface area contributed by atoms with Crippen molar-refractivity contribution in [2.24, 2.45) is 11.7 Å². The number of hydrogen-bond acceptors (Lipinski definition) is 6. The summed E-state index contributed by atoms with van der Waals surface area (Å²) >= 11 is 0. The number of ether oxygens (including phenoxy) is 1. The van der Waals surface area contributed by atoms with Gasteiger partial charge in [0.1, 0.15) is 5.75 Å². The molecule has 0 aliphatic carbocycles. The summed E-state index contributed by atoms with van der Waals surface area (Å²) in [5.74, 6) is -0.867. The molecule has 2 aromatic rings. The largest absolute Gasteiger partial charge is 0.573 e. The standard InChI is InChI=1S/C28H35BF3N3O4/c1-18(2)17-23(25(34)36)35(16-15-33)24(20-9-13-22(14-10-20)37-28(30,31)32)19-7-11-21(12-8-19)29-38-26(3,4)27(5,6)39-29/h7-14,18,23-24H,16-17H2,1-6H3,(H2,34,36)/t23-,24-/m0/s1. The van der Waals surface area contributed by atoms with E-state index in [1.165, 1.54) is 24.3 Å². The highest BCUT2D eigenvalue weighted by molar-refractivity contribution is 6.62. The minimum atomic E-state index is -4.83. The number of hydrogen-bond donors (Lipinski definition) is 1. The van der Waals surface area contributed by atoms with Gasteiger partial charge < -0.3 is 19.8 Å². The van der Waals surface area contributed by atoms with Gasteiger partial charge in [0, 0.05) is 0 Å². The van der Waals surface area contributed by atoms with E-state index in [0.717, 1.165) is 5.46 Å². The summed E-state index contributed by atoms with van der Waals surface area (Å²) in [6.45, 7) is 11.6. The molecule has 1 fully saturated rings. The monoisotopic (exact) mass is 545 g/mol. The maximum atomic E-state index is 12.7. The van der Waals surface area contributed by atoms with Crippen molar-refractivity contribution in [1.82, 2.24) is 4.90 Å². The van der Waals surface area contributed by atoms with Crippen LogP contribution in [0.3, 0.4) is 0 Å². The lowest BCUT2D eigenvalue weighted by Gasteiger charge is -2.36. The van der Waals surface area contributed by atoms with Crippen LogP contribution in [0.1, 0.15) is 65.1 Å². The van der Waals surface area contributed by atoms with Crippen LogP contribution in [0, 0.1) is 17.2 Å². The molecule has 3 rings (SSSR count). The number of nitrogens with two attached hydrogens (primary N) is 1. The molecule has 1 aliphatic rings. The lowest BCUT2D eigenvalue weighted by Crippen LogP contribution is -2.47. The van der Waals surface area contributed by atoms with Gasteiger partial charge in [0.15, 0.2) is 0 Å². The van der Waals surface area contributed by atoms with Gasteiger partial charge in [-0.25, -0.2) is 0 Å². The van der Waals surface area contributed by atoms with Gasteiger partial charge >= 0.3 is 13.5 Å². The first-order valence-electron chi connectivity index (χ1n) is 12.8. The molecule has 1 saturated heterocycles. The van der Waals surface area contributed by atoms with E-state index in [1.807, 2.05) is 65.8 Å². The lowest BCUT2D eigenvalue weighted by atomic mass is 9.78. The number of alkyl halides is 3. The van der Waals surface area contributed by atoms with Crippen LogP contribution >= 0.6 is 0 Å². The van der Waals surface area contributed by atoms with Crippen molar-refractivity contribution < 1.29 is 32.0 Å². The van der Waals surface area contributed by atoms with Crippen molar-refractivity contribution >= 4 is 18.5 Å². The van der Waals surface area contributed by atoms with Gasteiger partial charge in [0.05, 0.1) is 35.9 Å². The zero-order chi connectivity index (χ0) is 29.2. The topological polar surface area (TPSA) is 97.8 Å². The molecule has 1 amide bonds. The molecular formula is C28H35BF3N3O4. The Labute approximate surface area is 228 Å². The van der Waals surface area contributed by atoms with Gasteiger partial charge in [-0.3, -0.25) is 9.69 Å². The average molecular weight is 545 g/mol. The molecular weight excluding hydrogens is 510 g/mol. The third-order valence-corrected chi connectivity index (χ3v) is 7.22. The van der Waals surface area contributed by atoms with Crippen LogP contribution < -0.4 is 15.9 Å². The second kappa shape index (κ2) is 11.6. The number of benzene rings is 2. The number of nitrogens with zero attached hydrogens (tertiary/aromatic N) is 2. The fraction of sp³-hybridized carbons (Fsp3) is 0.500. The van der Waals surface area contributed by atoms with Gasteiger partial charge in [-0.1, -0.05) is 50.2 Å². The molecule has 210 valence electrons. The quantitative estimate of drug-likeness (QED) is 0.344. The summed E-state index contributed by atoms with van der Waals surface area (Å²) in [6.07, 6.45) is -4.43. The van der Waals surface area contributed by atoms with E-state index in [9.17, 15) is 23.2 Å². The Morgan fingerprint density at radius 1 is 1.03 bits per heavy atom. The number of carbonyl (C=O) groups is 1. The molecule has 0 radical (unpaired) electrons. The van der Waals surface area contributed by atoms with Gasteiger partial charge in [-0.05, 0) is 68.8 Å². The maximum absolute atomic E-state index is 12.7. The fourth-order valence-electron chi connectivity index (χ4n) is 4.57. The smallest absolute Gasteiger partial charge is 0.406 e. The molecule has 2 atom stereocenters. The summed E-state index contributed by atoms with van der Waals surface area (Å²) in [5.41, 5.74) is 6.82. The van der Waals surface area contributed by atoms with E-state index in [2.05, 4.69) is 10.8 Å². The van der Waals surface area contributed by atoms with Gasteiger partial charge in [-0.2, -0.15) is 5.26 Å². The van der Waals surface area contributed by atoms with Crippen LogP contribution in [-0.4, -0.2) is 48.1 Å². The highest BCUT2D eigenvalue weighted by Crippen LogP contribution is 2.37. The van der Waals surface area contributed by atoms with Crippen LogP contribution in [0.5, 0.6) is 5.75 Å². The normalized spacial score (nSPS) is 18.2. The van der Waals surface area contributed by atoms with Crippen LogP contribution in [0.2, 0.25) is 0 Å². The Hall–Kier alpha value is -3.07. The molecule has 1 heterocycles. The van der Waals surface area contributed by atoms with E-state index in [1.54, 1.807) is 4.90 Å². The second-order valence-electron chi connectivity index (χ2n) is 11.2. The van der Waals surface area contributed by atoms with Crippen molar-refractivity contribution in [2.45, 2.75) is 77.6 Å². The highest BCUT2D eigenvalue weighted by atomic mass is 19.4.